The Bertz CT molecular complexity index is 541. The second-order valence-corrected chi connectivity index (χ2v) is 6.56. The maximum absolute atomic E-state index is 11.3. The minimum atomic E-state index is -1.26. The van der Waals surface area contributed by atoms with Gasteiger partial charge in [0.25, 0.3) is 0 Å². The van der Waals surface area contributed by atoms with Gasteiger partial charge in [-0.2, -0.15) is 5.26 Å². The average Bonchev–Trinajstić information content (AvgIpc) is 2.76. The van der Waals surface area contributed by atoms with Crippen LogP contribution in [0.1, 0.15) is 51.4 Å². The van der Waals surface area contributed by atoms with Gasteiger partial charge in [0, 0.05) is 12.8 Å². The van der Waals surface area contributed by atoms with Gasteiger partial charge in [-0.25, -0.2) is 4.79 Å². The highest BCUT2D eigenvalue weighted by molar-refractivity contribution is 5.90. The van der Waals surface area contributed by atoms with Crippen LogP contribution in [0, 0.1) is 11.3 Å². The van der Waals surface area contributed by atoms with Crippen LogP contribution >= 0.6 is 0 Å². The number of unbranched alkanes of at least 4 members (excludes halogenated alkanes) is 5. The minimum Gasteiger partial charge on any atom is -0.477 e. The van der Waals surface area contributed by atoms with E-state index < -0.39 is 37.0 Å². The third-order valence-corrected chi connectivity index (χ3v) is 3.70. The Labute approximate surface area is 181 Å². The summed E-state index contributed by atoms with van der Waals surface area (Å²) < 4.78 is 9.56. The maximum Gasteiger partial charge on any atom is 0.345 e. The molecule has 0 aliphatic rings. The number of nitriles is 1. The summed E-state index contributed by atoms with van der Waals surface area (Å²) in [5.74, 6) is -2.02. The molecule has 2 atom stereocenters. The second kappa shape index (κ2) is 20.7. The van der Waals surface area contributed by atoms with Crippen molar-refractivity contribution in [3.63, 3.8) is 0 Å². The summed E-state index contributed by atoms with van der Waals surface area (Å²) in [4.78, 5) is 32.2. The van der Waals surface area contributed by atoms with Gasteiger partial charge in [-0.3, -0.25) is 9.59 Å². The number of carboxylic acid groups (broad SMARTS) is 1. The van der Waals surface area contributed by atoms with Crippen molar-refractivity contribution in [3.05, 3.63) is 12.2 Å². The topological polar surface area (TPSA) is 195 Å². The summed E-state index contributed by atoms with van der Waals surface area (Å²) in [5.41, 5.74) is -0.431. The molecule has 178 valence electrons. The van der Waals surface area contributed by atoms with Crippen LogP contribution in [0.4, 0.5) is 0 Å². The Balaban J connectivity index is 0. The highest BCUT2D eigenvalue weighted by Crippen LogP contribution is 2.09. The number of hydrogen-bond acceptors (Lipinski definition) is 10. The molecule has 0 aromatic rings. The number of aliphatic carboxylic acids is 1. The third-order valence-electron chi connectivity index (χ3n) is 3.70. The lowest BCUT2D eigenvalue weighted by Crippen LogP contribution is -2.21. The zero-order valence-electron chi connectivity index (χ0n) is 17.6. The van der Waals surface area contributed by atoms with Crippen molar-refractivity contribution < 1.29 is 49.4 Å². The quantitative estimate of drug-likeness (QED) is 0.0928. The van der Waals surface area contributed by atoms with E-state index >= 15 is 0 Å². The van der Waals surface area contributed by atoms with E-state index in [1.807, 2.05) is 0 Å². The van der Waals surface area contributed by atoms with Gasteiger partial charge in [0.1, 0.15) is 37.1 Å². The van der Waals surface area contributed by atoms with E-state index in [1.54, 1.807) is 0 Å². The van der Waals surface area contributed by atoms with Crippen molar-refractivity contribution in [1.82, 2.24) is 0 Å². The van der Waals surface area contributed by atoms with Crippen molar-refractivity contribution in [2.45, 2.75) is 63.6 Å². The van der Waals surface area contributed by atoms with Gasteiger partial charge in [0.05, 0.1) is 13.2 Å². The van der Waals surface area contributed by atoms with Crippen molar-refractivity contribution in [2.75, 3.05) is 26.4 Å². The number of hydrogen-bond donors (Lipinski definition) is 5. The Morgan fingerprint density at radius 3 is 1.42 bits per heavy atom. The number of ether oxygens (including phenoxy) is 2. The number of esters is 2. The summed E-state index contributed by atoms with van der Waals surface area (Å²) in [6, 6.07) is 1.37. The second-order valence-electron chi connectivity index (χ2n) is 6.56. The first-order valence-corrected chi connectivity index (χ1v) is 9.89. The number of carboxylic acids is 1. The van der Waals surface area contributed by atoms with E-state index in [9.17, 15) is 14.4 Å². The Kier molecular flexibility index (Phi) is 20.5. The molecule has 5 N–H and O–H groups in total. The van der Waals surface area contributed by atoms with Crippen LogP contribution < -0.4 is 0 Å². The molecule has 0 fully saturated rings. The van der Waals surface area contributed by atoms with Gasteiger partial charge in [-0.15, -0.1) is 0 Å². The number of rotatable bonds is 16. The van der Waals surface area contributed by atoms with Crippen molar-refractivity contribution in [1.29, 1.82) is 5.26 Å². The van der Waals surface area contributed by atoms with Gasteiger partial charge in [0.2, 0.25) is 0 Å². The van der Waals surface area contributed by atoms with Crippen LogP contribution in [0.25, 0.3) is 0 Å². The van der Waals surface area contributed by atoms with E-state index in [2.05, 4.69) is 6.58 Å². The number of nitrogens with zero attached hydrogens (tertiary/aromatic N) is 1. The lowest BCUT2D eigenvalue weighted by Gasteiger charge is -2.08. The van der Waals surface area contributed by atoms with E-state index in [0.717, 1.165) is 25.7 Å². The van der Waals surface area contributed by atoms with Crippen molar-refractivity contribution >= 4 is 17.9 Å². The van der Waals surface area contributed by atoms with Crippen LogP contribution in [0.2, 0.25) is 0 Å². The SMILES string of the molecule is C=C(C#N)C(=O)O.O=C(CCCCCCCCC(=O)OCC(O)CO)OCC(O)CO. The molecule has 0 aliphatic carbocycles. The molecule has 0 radical (unpaired) electrons. The molecule has 0 rings (SSSR count). The lowest BCUT2D eigenvalue weighted by molar-refractivity contribution is -0.148. The molecule has 0 aromatic heterocycles. The Morgan fingerprint density at radius 2 is 1.16 bits per heavy atom. The molecule has 0 spiro atoms. The zero-order valence-corrected chi connectivity index (χ0v) is 17.6. The van der Waals surface area contributed by atoms with Gasteiger partial charge in [0.15, 0.2) is 0 Å². The van der Waals surface area contributed by atoms with E-state index in [0.29, 0.717) is 12.8 Å². The van der Waals surface area contributed by atoms with E-state index in [4.69, 9.17) is 40.3 Å². The molecule has 2 unspecified atom stereocenters. The fraction of sp³-hybridized carbons (Fsp3) is 0.700. The number of carbonyl (C=O) groups excluding carboxylic acids is 2. The van der Waals surface area contributed by atoms with Crippen LogP contribution in [0.15, 0.2) is 12.2 Å². The first kappa shape index (κ1) is 30.7. The minimum absolute atomic E-state index is 0.180. The van der Waals surface area contributed by atoms with Crippen LogP contribution in [-0.4, -0.2) is 82.1 Å². The molecule has 0 heterocycles. The first-order chi connectivity index (χ1) is 14.7. The van der Waals surface area contributed by atoms with E-state index in [-0.39, 0.29) is 38.0 Å². The largest absolute Gasteiger partial charge is 0.477 e. The van der Waals surface area contributed by atoms with Gasteiger partial charge in [-0.05, 0) is 12.8 Å². The number of aliphatic hydroxyl groups excluding tert-OH is 4. The third kappa shape index (κ3) is 22.0. The maximum atomic E-state index is 11.3. The number of carbonyl (C=O) groups is 3. The van der Waals surface area contributed by atoms with Crippen LogP contribution in [-0.2, 0) is 23.9 Å². The molecule has 11 nitrogen and oxygen atoms in total. The molecule has 31 heavy (non-hydrogen) atoms. The zero-order chi connectivity index (χ0) is 24.1. The summed E-state index contributed by atoms with van der Waals surface area (Å²) in [5, 5.41) is 50.8. The Hall–Kier alpha value is -2.52. The summed E-state index contributed by atoms with van der Waals surface area (Å²) in [6.07, 6.45) is 3.60. The highest BCUT2D eigenvalue weighted by Gasteiger charge is 2.08. The standard InChI is InChI=1S/C16H30O8.C4H3NO2/c17-9-13(19)11-23-15(21)7-5-3-1-2-4-6-8-16(22)24-12-14(20)10-18;1-3(2-5)4(6)7/h13-14,17-20H,1-12H2;1H2,(H,6,7). The van der Waals surface area contributed by atoms with Gasteiger partial charge >= 0.3 is 17.9 Å². The van der Waals surface area contributed by atoms with Crippen molar-refractivity contribution in [2.24, 2.45) is 0 Å². The van der Waals surface area contributed by atoms with Crippen LogP contribution in [0.3, 0.4) is 0 Å². The Morgan fingerprint density at radius 1 is 0.806 bits per heavy atom. The molecular formula is C20H33NO10. The predicted octanol–water partition coefficient (Wildman–Crippen LogP) is 0.0508. The summed E-state index contributed by atoms with van der Waals surface area (Å²) in [6.45, 7) is 1.70. The molecule has 0 aliphatic heterocycles. The molecular weight excluding hydrogens is 414 g/mol. The molecule has 0 amide bonds. The first-order valence-electron chi connectivity index (χ1n) is 9.89. The summed E-state index contributed by atoms with van der Waals surface area (Å²) >= 11 is 0. The fourth-order valence-electron chi connectivity index (χ4n) is 1.92. The summed E-state index contributed by atoms with van der Waals surface area (Å²) in [7, 11) is 0. The van der Waals surface area contributed by atoms with Crippen molar-refractivity contribution in [3.8, 4) is 6.07 Å². The molecule has 0 bridgehead atoms. The van der Waals surface area contributed by atoms with E-state index in [1.165, 1.54) is 6.07 Å². The molecule has 11 heteroatoms. The van der Waals surface area contributed by atoms with Gasteiger partial charge in [-0.1, -0.05) is 32.3 Å². The van der Waals surface area contributed by atoms with Crippen LogP contribution in [0.5, 0.6) is 0 Å². The fourth-order valence-corrected chi connectivity index (χ4v) is 1.92. The number of aliphatic hydroxyl groups is 4. The average molecular weight is 447 g/mol. The molecule has 0 saturated heterocycles. The smallest absolute Gasteiger partial charge is 0.345 e. The molecule has 0 saturated carbocycles. The lowest BCUT2D eigenvalue weighted by atomic mass is 10.1. The molecule has 0 aromatic carbocycles. The normalized spacial score (nSPS) is 11.8. The van der Waals surface area contributed by atoms with Gasteiger partial charge < -0.3 is 35.0 Å². The monoisotopic (exact) mass is 447 g/mol. The highest BCUT2D eigenvalue weighted by atomic mass is 16.5. The predicted molar refractivity (Wildman–Crippen MR) is 107 cm³/mol.